The molecule has 2 N–H and O–H groups in total. The molecule has 0 aromatic carbocycles. The van der Waals surface area contributed by atoms with Gasteiger partial charge in [0.1, 0.15) is 6.61 Å². The van der Waals surface area contributed by atoms with Crippen molar-refractivity contribution in [1.29, 1.82) is 0 Å². The molecule has 0 bridgehead atoms. The molecule has 1 aliphatic rings. The quantitative estimate of drug-likeness (QED) is 0.837. The molecule has 0 amide bonds. The average molecular weight is 236 g/mol. The molecule has 0 aliphatic carbocycles. The number of piperidine rings is 1. The fraction of sp³-hybridized carbons (Fsp3) is 0.667. The summed E-state index contributed by atoms with van der Waals surface area (Å²) in [4.78, 5) is 10.7. The SMILES string of the molecule is CN1CCCCC1COc1cncc(CN)n1. The summed E-state index contributed by atoms with van der Waals surface area (Å²) in [5.41, 5.74) is 6.28. The predicted octanol–water partition coefficient (Wildman–Crippen LogP) is 0.798. The summed E-state index contributed by atoms with van der Waals surface area (Å²) in [5.74, 6) is 0.576. The number of likely N-dealkylation sites (tertiary alicyclic amines) is 1. The Balaban J connectivity index is 1.88. The number of hydrogen-bond donors (Lipinski definition) is 1. The van der Waals surface area contributed by atoms with Crippen molar-refractivity contribution in [2.24, 2.45) is 5.73 Å². The monoisotopic (exact) mass is 236 g/mol. The van der Waals surface area contributed by atoms with Gasteiger partial charge >= 0.3 is 0 Å². The van der Waals surface area contributed by atoms with Crippen molar-refractivity contribution in [2.75, 3.05) is 20.2 Å². The third kappa shape index (κ3) is 3.38. The van der Waals surface area contributed by atoms with Crippen molar-refractivity contribution < 1.29 is 4.74 Å². The smallest absolute Gasteiger partial charge is 0.232 e. The van der Waals surface area contributed by atoms with Crippen LogP contribution in [0.4, 0.5) is 0 Å². The van der Waals surface area contributed by atoms with E-state index in [2.05, 4.69) is 21.9 Å². The fourth-order valence-electron chi connectivity index (χ4n) is 2.09. The zero-order valence-corrected chi connectivity index (χ0v) is 10.3. The number of hydrogen-bond acceptors (Lipinski definition) is 5. The highest BCUT2D eigenvalue weighted by Gasteiger charge is 2.19. The van der Waals surface area contributed by atoms with Crippen molar-refractivity contribution in [1.82, 2.24) is 14.9 Å². The molecule has 5 nitrogen and oxygen atoms in total. The minimum atomic E-state index is 0.396. The van der Waals surface area contributed by atoms with E-state index in [9.17, 15) is 0 Å². The zero-order chi connectivity index (χ0) is 12.1. The molecular weight excluding hydrogens is 216 g/mol. The van der Waals surface area contributed by atoms with E-state index >= 15 is 0 Å². The zero-order valence-electron chi connectivity index (χ0n) is 10.3. The number of aromatic nitrogens is 2. The summed E-state index contributed by atoms with van der Waals surface area (Å²) in [6, 6.07) is 0.493. The molecular formula is C12H20N4O. The average Bonchev–Trinajstić information content (AvgIpc) is 2.38. The molecule has 0 saturated carbocycles. The summed E-state index contributed by atoms with van der Waals surface area (Å²) in [6.45, 7) is 2.23. The van der Waals surface area contributed by atoms with Crippen LogP contribution in [0.25, 0.3) is 0 Å². The highest BCUT2D eigenvalue weighted by molar-refractivity contribution is 5.08. The number of nitrogens with two attached hydrogens (primary N) is 1. The molecule has 1 atom stereocenters. The van der Waals surface area contributed by atoms with Crippen LogP contribution in [0.3, 0.4) is 0 Å². The Hall–Kier alpha value is -1.20. The van der Waals surface area contributed by atoms with Crippen molar-refractivity contribution >= 4 is 0 Å². The molecule has 1 saturated heterocycles. The Morgan fingerprint density at radius 3 is 3.12 bits per heavy atom. The summed E-state index contributed by atoms with van der Waals surface area (Å²) in [5, 5.41) is 0. The molecule has 1 aromatic rings. The first-order valence-corrected chi connectivity index (χ1v) is 6.13. The first-order chi connectivity index (χ1) is 8.29. The third-order valence-corrected chi connectivity index (χ3v) is 3.22. The van der Waals surface area contributed by atoms with Gasteiger partial charge in [0.15, 0.2) is 0 Å². The van der Waals surface area contributed by atoms with Gasteiger partial charge in [0, 0.05) is 18.8 Å². The number of nitrogens with zero attached hydrogens (tertiary/aromatic N) is 3. The van der Waals surface area contributed by atoms with Crippen LogP contribution in [0, 0.1) is 0 Å². The molecule has 0 radical (unpaired) electrons. The standard InChI is InChI=1S/C12H20N4O/c1-16-5-3-2-4-11(16)9-17-12-8-14-7-10(6-13)15-12/h7-8,11H,2-6,9,13H2,1H3. The Kier molecular flexibility index (Phi) is 4.28. The van der Waals surface area contributed by atoms with Gasteiger partial charge in [0.25, 0.3) is 0 Å². The maximum atomic E-state index is 5.69. The second-order valence-corrected chi connectivity index (χ2v) is 4.49. The number of likely N-dealkylation sites (N-methyl/N-ethyl adjacent to an activating group) is 1. The predicted molar refractivity (Wildman–Crippen MR) is 65.7 cm³/mol. The maximum absolute atomic E-state index is 5.69. The highest BCUT2D eigenvalue weighted by atomic mass is 16.5. The van der Waals surface area contributed by atoms with E-state index in [0.29, 0.717) is 25.1 Å². The van der Waals surface area contributed by atoms with E-state index in [1.54, 1.807) is 12.4 Å². The molecule has 0 spiro atoms. The van der Waals surface area contributed by atoms with Crippen LogP contribution in [0.2, 0.25) is 0 Å². The second kappa shape index (κ2) is 5.93. The fourth-order valence-corrected chi connectivity index (χ4v) is 2.09. The van der Waals surface area contributed by atoms with Gasteiger partial charge < -0.3 is 15.4 Å². The molecule has 94 valence electrons. The molecule has 1 aromatic heterocycles. The second-order valence-electron chi connectivity index (χ2n) is 4.49. The van der Waals surface area contributed by atoms with Crippen molar-refractivity contribution in [2.45, 2.75) is 31.8 Å². The van der Waals surface area contributed by atoms with Crippen molar-refractivity contribution in [3.8, 4) is 5.88 Å². The van der Waals surface area contributed by atoms with Crippen LogP contribution in [0.1, 0.15) is 25.0 Å². The van der Waals surface area contributed by atoms with Crippen LogP contribution >= 0.6 is 0 Å². The van der Waals surface area contributed by atoms with E-state index in [1.807, 2.05) is 0 Å². The maximum Gasteiger partial charge on any atom is 0.232 e. The molecule has 1 aliphatic heterocycles. The van der Waals surface area contributed by atoms with E-state index in [1.165, 1.54) is 19.3 Å². The lowest BCUT2D eigenvalue weighted by Crippen LogP contribution is -2.40. The third-order valence-electron chi connectivity index (χ3n) is 3.22. The minimum Gasteiger partial charge on any atom is -0.475 e. The lowest BCUT2D eigenvalue weighted by atomic mass is 10.0. The van der Waals surface area contributed by atoms with Gasteiger partial charge in [-0.05, 0) is 26.4 Å². The van der Waals surface area contributed by atoms with Crippen LogP contribution in [0.15, 0.2) is 12.4 Å². The largest absolute Gasteiger partial charge is 0.475 e. The van der Waals surface area contributed by atoms with Crippen LogP contribution in [-0.2, 0) is 6.54 Å². The van der Waals surface area contributed by atoms with Gasteiger partial charge in [-0.3, -0.25) is 4.98 Å². The molecule has 2 rings (SSSR count). The first kappa shape index (κ1) is 12.3. The number of rotatable bonds is 4. The van der Waals surface area contributed by atoms with E-state index in [-0.39, 0.29) is 0 Å². The molecule has 1 fully saturated rings. The number of ether oxygens (including phenoxy) is 1. The van der Waals surface area contributed by atoms with Crippen LogP contribution in [-0.4, -0.2) is 41.1 Å². The normalized spacial score (nSPS) is 21.4. The first-order valence-electron chi connectivity index (χ1n) is 6.13. The summed E-state index contributed by atoms with van der Waals surface area (Å²) in [7, 11) is 2.15. The lowest BCUT2D eigenvalue weighted by Gasteiger charge is -2.31. The van der Waals surface area contributed by atoms with E-state index in [0.717, 1.165) is 12.2 Å². The Labute approximate surface area is 102 Å². The van der Waals surface area contributed by atoms with E-state index in [4.69, 9.17) is 10.5 Å². The summed E-state index contributed by atoms with van der Waals surface area (Å²) >= 11 is 0. The highest BCUT2D eigenvalue weighted by Crippen LogP contribution is 2.16. The van der Waals surface area contributed by atoms with Crippen LogP contribution < -0.4 is 10.5 Å². The summed E-state index contributed by atoms with van der Waals surface area (Å²) in [6.07, 6.45) is 7.07. The molecule has 2 heterocycles. The van der Waals surface area contributed by atoms with Crippen LogP contribution in [0.5, 0.6) is 5.88 Å². The lowest BCUT2D eigenvalue weighted by molar-refractivity contribution is 0.122. The van der Waals surface area contributed by atoms with Gasteiger partial charge in [-0.1, -0.05) is 6.42 Å². The summed E-state index contributed by atoms with van der Waals surface area (Å²) < 4.78 is 5.69. The van der Waals surface area contributed by atoms with Crippen molar-refractivity contribution in [3.63, 3.8) is 0 Å². The van der Waals surface area contributed by atoms with Gasteiger partial charge in [-0.2, -0.15) is 0 Å². The molecule has 1 unspecified atom stereocenters. The molecule has 17 heavy (non-hydrogen) atoms. The van der Waals surface area contributed by atoms with E-state index < -0.39 is 0 Å². The van der Waals surface area contributed by atoms with Crippen molar-refractivity contribution in [3.05, 3.63) is 18.1 Å². The topological polar surface area (TPSA) is 64.3 Å². The molecule has 5 heteroatoms. The Morgan fingerprint density at radius 1 is 1.47 bits per heavy atom. The minimum absolute atomic E-state index is 0.396. The van der Waals surface area contributed by atoms with Gasteiger partial charge in [-0.25, -0.2) is 4.98 Å². The van der Waals surface area contributed by atoms with Gasteiger partial charge in [0.05, 0.1) is 11.9 Å². The Morgan fingerprint density at radius 2 is 2.35 bits per heavy atom. The van der Waals surface area contributed by atoms with Gasteiger partial charge in [-0.15, -0.1) is 0 Å². The Bertz CT molecular complexity index is 358. The van der Waals surface area contributed by atoms with Gasteiger partial charge in [0.2, 0.25) is 5.88 Å².